The fourth-order valence-corrected chi connectivity index (χ4v) is 3.96. The summed E-state index contributed by atoms with van der Waals surface area (Å²) < 4.78 is 0. The fourth-order valence-electron chi connectivity index (χ4n) is 3.96. The lowest BCUT2D eigenvalue weighted by atomic mass is 10.1. The van der Waals surface area contributed by atoms with E-state index in [0.717, 1.165) is 44.2 Å². The van der Waals surface area contributed by atoms with Crippen LogP contribution < -0.4 is 5.32 Å². The van der Waals surface area contributed by atoms with Crippen molar-refractivity contribution in [3.05, 3.63) is 53.6 Å². The number of carbonyl (C=O) groups is 1. The maximum absolute atomic E-state index is 12.8. The van der Waals surface area contributed by atoms with E-state index in [0.29, 0.717) is 11.8 Å². The zero-order valence-corrected chi connectivity index (χ0v) is 14.9. The van der Waals surface area contributed by atoms with Gasteiger partial charge in [-0.05, 0) is 81.4 Å². The second kappa shape index (κ2) is 7.83. The first kappa shape index (κ1) is 17.0. The zero-order chi connectivity index (χ0) is 16.9. The van der Waals surface area contributed by atoms with E-state index >= 15 is 0 Å². The van der Waals surface area contributed by atoms with Crippen molar-refractivity contribution in [1.82, 2.24) is 0 Å². The Hall–Kier alpha value is -1.83. The van der Waals surface area contributed by atoms with Crippen LogP contribution in [0.3, 0.4) is 0 Å². The van der Waals surface area contributed by atoms with Gasteiger partial charge in [0.15, 0.2) is 0 Å². The normalized spacial score (nSPS) is 29.5. The lowest BCUT2D eigenvalue weighted by molar-refractivity contribution is -0.117. The molecule has 2 heteroatoms. The minimum Gasteiger partial charge on any atom is -0.326 e. The van der Waals surface area contributed by atoms with Crippen molar-refractivity contribution in [2.75, 3.05) is 5.32 Å². The molecule has 0 saturated heterocycles. The van der Waals surface area contributed by atoms with Crippen LogP contribution in [0.1, 0.15) is 49.7 Å². The predicted octanol–water partition coefficient (Wildman–Crippen LogP) is 5.57. The Morgan fingerprint density at radius 1 is 0.917 bits per heavy atom. The molecule has 1 saturated carbocycles. The topological polar surface area (TPSA) is 29.1 Å². The highest BCUT2D eigenvalue weighted by atomic mass is 16.2. The van der Waals surface area contributed by atoms with Crippen molar-refractivity contribution in [3.8, 4) is 0 Å². The monoisotopic (exact) mass is 323 g/mol. The van der Waals surface area contributed by atoms with Crippen LogP contribution in [0.5, 0.6) is 0 Å². The van der Waals surface area contributed by atoms with E-state index < -0.39 is 0 Å². The highest BCUT2D eigenvalue weighted by Crippen LogP contribution is 2.52. The summed E-state index contributed by atoms with van der Waals surface area (Å²) in [6.07, 6.45) is 16.0. The molecule has 2 aliphatic carbocycles. The largest absolute Gasteiger partial charge is 0.326 e. The van der Waals surface area contributed by atoms with E-state index in [1.165, 1.54) is 11.1 Å². The molecule has 0 heterocycles. The summed E-state index contributed by atoms with van der Waals surface area (Å²) in [5, 5.41) is 3.19. The van der Waals surface area contributed by atoms with Gasteiger partial charge in [0, 0.05) is 11.6 Å². The van der Waals surface area contributed by atoms with Crippen LogP contribution in [-0.2, 0) is 4.79 Å². The Morgan fingerprint density at radius 2 is 1.50 bits per heavy atom. The number of hydrogen-bond acceptors (Lipinski definition) is 1. The smallest absolute Gasteiger partial charge is 0.228 e. The molecule has 0 aliphatic heterocycles. The molecule has 1 aromatic carbocycles. The summed E-state index contributed by atoms with van der Waals surface area (Å²) in [5.41, 5.74) is 3.38. The number of allylic oxidation sites excluding steroid dienone is 4. The first-order valence-electron chi connectivity index (χ1n) is 9.35. The number of fused-ring (bicyclic) bond motifs is 1. The van der Waals surface area contributed by atoms with Gasteiger partial charge in [-0.2, -0.15) is 0 Å². The average molecular weight is 323 g/mol. The van der Waals surface area contributed by atoms with E-state index in [-0.39, 0.29) is 11.8 Å². The minimum absolute atomic E-state index is 0.201. The molecule has 128 valence electrons. The maximum Gasteiger partial charge on any atom is 0.228 e. The van der Waals surface area contributed by atoms with E-state index in [4.69, 9.17) is 0 Å². The van der Waals surface area contributed by atoms with E-state index in [1.807, 2.05) is 12.1 Å². The average Bonchev–Trinajstić information content (AvgIpc) is 3.24. The van der Waals surface area contributed by atoms with Crippen molar-refractivity contribution in [1.29, 1.82) is 0 Å². The van der Waals surface area contributed by atoms with Gasteiger partial charge in [-0.1, -0.05) is 36.4 Å². The Labute approximate surface area is 146 Å². The second-order valence-corrected chi connectivity index (χ2v) is 7.27. The minimum atomic E-state index is 0.201. The van der Waals surface area contributed by atoms with E-state index in [1.54, 1.807) is 0 Å². The van der Waals surface area contributed by atoms with Gasteiger partial charge < -0.3 is 5.32 Å². The Bertz CT molecular complexity index is 619. The van der Waals surface area contributed by atoms with Crippen LogP contribution in [0, 0.1) is 31.6 Å². The van der Waals surface area contributed by atoms with E-state index in [2.05, 4.69) is 49.5 Å². The molecule has 1 fully saturated rings. The van der Waals surface area contributed by atoms with Crippen molar-refractivity contribution in [2.45, 2.75) is 52.4 Å². The third kappa shape index (κ3) is 3.98. The molecule has 0 spiro atoms. The molecule has 2 nitrogen and oxygen atoms in total. The van der Waals surface area contributed by atoms with Crippen molar-refractivity contribution < 1.29 is 4.79 Å². The van der Waals surface area contributed by atoms with Gasteiger partial charge in [0.25, 0.3) is 0 Å². The molecule has 24 heavy (non-hydrogen) atoms. The predicted molar refractivity (Wildman–Crippen MR) is 101 cm³/mol. The number of benzene rings is 1. The second-order valence-electron chi connectivity index (χ2n) is 7.27. The molecule has 0 bridgehead atoms. The molecule has 2 aliphatic rings. The molecule has 3 rings (SSSR count). The number of rotatable bonds is 2. The summed E-state index contributed by atoms with van der Waals surface area (Å²) in [5.74, 6) is 1.55. The van der Waals surface area contributed by atoms with Crippen molar-refractivity contribution >= 4 is 11.6 Å². The molecular formula is C22H29NO. The SMILES string of the molecule is Cc1cccc(NC(=O)C2[C@H]3CC/C=C/CC/C=C\CC[C@@H]23)c1C. The summed E-state index contributed by atoms with van der Waals surface area (Å²) in [6.45, 7) is 4.17. The lowest BCUT2D eigenvalue weighted by Gasteiger charge is -2.10. The number of nitrogens with one attached hydrogen (secondary N) is 1. The third-order valence-electron chi connectivity index (χ3n) is 5.66. The van der Waals surface area contributed by atoms with Crippen molar-refractivity contribution in [2.24, 2.45) is 17.8 Å². The maximum atomic E-state index is 12.8. The van der Waals surface area contributed by atoms with Gasteiger partial charge in [0.1, 0.15) is 0 Å². The van der Waals surface area contributed by atoms with Gasteiger partial charge >= 0.3 is 0 Å². The summed E-state index contributed by atoms with van der Waals surface area (Å²) in [4.78, 5) is 12.8. The standard InChI is InChI=1S/C22H29NO/c1-16-12-11-15-20(17(16)2)23-22(24)21-18-13-9-7-5-3-4-6-8-10-14-19(18)21/h5-8,11-12,15,18-19,21H,3-4,9-10,13-14H2,1-2H3,(H,23,24)/b7-5-,8-6+/t18-,19+,21?/m1/s1. The Balaban J connectivity index is 1.65. The highest BCUT2D eigenvalue weighted by molar-refractivity contribution is 5.95. The van der Waals surface area contributed by atoms with Crippen LogP contribution in [-0.4, -0.2) is 5.91 Å². The van der Waals surface area contributed by atoms with E-state index in [9.17, 15) is 4.79 Å². The number of hydrogen-bond donors (Lipinski definition) is 1. The Kier molecular flexibility index (Phi) is 5.55. The highest BCUT2D eigenvalue weighted by Gasteiger charge is 2.52. The Morgan fingerprint density at radius 3 is 2.12 bits per heavy atom. The van der Waals surface area contributed by atoms with Gasteiger partial charge in [-0.15, -0.1) is 0 Å². The van der Waals surface area contributed by atoms with Gasteiger partial charge in [0.05, 0.1) is 0 Å². The van der Waals surface area contributed by atoms with Gasteiger partial charge in [0.2, 0.25) is 5.91 Å². The van der Waals surface area contributed by atoms with Crippen LogP contribution in [0.4, 0.5) is 5.69 Å². The first-order valence-corrected chi connectivity index (χ1v) is 9.35. The molecule has 1 unspecified atom stereocenters. The lowest BCUT2D eigenvalue weighted by Crippen LogP contribution is -2.16. The first-order chi connectivity index (χ1) is 11.7. The number of aryl methyl sites for hydroxylation is 1. The molecule has 1 amide bonds. The molecule has 0 aromatic heterocycles. The van der Waals surface area contributed by atoms with Crippen LogP contribution >= 0.6 is 0 Å². The number of amides is 1. The fraction of sp³-hybridized carbons (Fsp3) is 0.500. The molecule has 1 N–H and O–H groups in total. The third-order valence-corrected chi connectivity index (χ3v) is 5.66. The summed E-state index contributed by atoms with van der Waals surface area (Å²) >= 11 is 0. The summed E-state index contributed by atoms with van der Waals surface area (Å²) in [7, 11) is 0. The van der Waals surface area contributed by atoms with Gasteiger partial charge in [-0.25, -0.2) is 0 Å². The molecule has 0 radical (unpaired) electrons. The number of carbonyl (C=O) groups excluding carboxylic acids is 1. The number of anilines is 1. The van der Waals surface area contributed by atoms with Crippen LogP contribution in [0.25, 0.3) is 0 Å². The van der Waals surface area contributed by atoms with Crippen LogP contribution in [0.2, 0.25) is 0 Å². The van der Waals surface area contributed by atoms with Crippen molar-refractivity contribution in [3.63, 3.8) is 0 Å². The molecule has 1 aromatic rings. The molecule has 3 atom stereocenters. The zero-order valence-electron chi connectivity index (χ0n) is 14.9. The molecular weight excluding hydrogens is 294 g/mol. The van der Waals surface area contributed by atoms with Gasteiger partial charge in [-0.3, -0.25) is 4.79 Å². The van der Waals surface area contributed by atoms with Crippen LogP contribution in [0.15, 0.2) is 42.5 Å². The summed E-state index contributed by atoms with van der Waals surface area (Å²) in [6, 6.07) is 6.12. The quantitative estimate of drug-likeness (QED) is 0.708.